The van der Waals surface area contributed by atoms with Gasteiger partial charge in [-0.1, -0.05) is 42.5 Å². The van der Waals surface area contributed by atoms with Crippen molar-refractivity contribution in [2.75, 3.05) is 20.8 Å². The highest BCUT2D eigenvalue weighted by atomic mass is 19.1. The Bertz CT molecular complexity index is 647. The van der Waals surface area contributed by atoms with Gasteiger partial charge in [-0.15, -0.1) is 0 Å². The maximum Gasteiger partial charge on any atom is 0.217 e. The van der Waals surface area contributed by atoms with Gasteiger partial charge >= 0.3 is 0 Å². The first kappa shape index (κ1) is 20.8. The highest BCUT2D eigenvalue weighted by Gasteiger charge is 2.06. The number of nitrogens with one attached hydrogen (secondary N) is 2. The van der Waals surface area contributed by atoms with Crippen LogP contribution in [0.3, 0.4) is 0 Å². The number of halogens is 1. The molecule has 136 valence electrons. The van der Waals surface area contributed by atoms with Gasteiger partial charge in [0.05, 0.1) is 6.54 Å². The van der Waals surface area contributed by atoms with Crippen molar-refractivity contribution in [2.24, 2.45) is 0 Å². The molecule has 2 aromatic carbocycles. The van der Waals surface area contributed by atoms with Crippen molar-refractivity contribution in [2.45, 2.75) is 19.7 Å². The number of carbonyl (C=O) groups excluding carboxylic acids is 1. The lowest BCUT2D eigenvalue weighted by atomic mass is 10.0. The van der Waals surface area contributed by atoms with E-state index in [9.17, 15) is 14.3 Å². The third-order valence-corrected chi connectivity index (χ3v) is 3.22. The summed E-state index contributed by atoms with van der Waals surface area (Å²) in [4.78, 5) is 10.7. The summed E-state index contributed by atoms with van der Waals surface area (Å²) in [5.74, 6) is -0.436. The Balaban J connectivity index is 0.000000970. The minimum absolute atomic E-state index is 0.155. The van der Waals surface area contributed by atoms with Crippen molar-refractivity contribution in [1.29, 1.82) is 0 Å². The van der Waals surface area contributed by atoms with Gasteiger partial charge in [0.2, 0.25) is 5.91 Å². The normalized spacial score (nSPS) is 11.2. The van der Waals surface area contributed by atoms with Crippen LogP contribution in [-0.2, 0) is 16.1 Å². The summed E-state index contributed by atoms with van der Waals surface area (Å²) in [5.41, 5.74) is 2.33. The molecule has 25 heavy (non-hydrogen) atoms. The van der Waals surface area contributed by atoms with E-state index in [0.29, 0.717) is 12.1 Å². The van der Waals surface area contributed by atoms with Crippen molar-refractivity contribution in [3.63, 3.8) is 0 Å². The molecule has 0 aliphatic heterocycles. The van der Waals surface area contributed by atoms with E-state index in [0.717, 1.165) is 11.1 Å². The molecule has 0 aromatic heterocycles. The molecule has 1 amide bonds. The first-order valence-electron chi connectivity index (χ1n) is 7.87. The fourth-order valence-electron chi connectivity index (χ4n) is 2.05. The molecule has 2 rings (SSSR count). The summed E-state index contributed by atoms with van der Waals surface area (Å²) in [6, 6.07) is 14.1. The van der Waals surface area contributed by atoms with Gasteiger partial charge in [-0.25, -0.2) is 4.39 Å². The van der Waals surface area contributed by atoms with Crippen LogP contribution in [0.1, 0.15) is 12.5 Å². The predicted octanol–water partition coefficient (Wildman–Crippen LogP) is 2.30. The molecular formula is C19H25FN2O3. The number of hydrogen-bond donors (Lipinski definition) is 3. The molecule has 0 aliphatic carbocycles. The quantitative estimate of drug-likeness (QED) is 0.701. The molecule has 0 saturated carbocycles. The van der Waals surface area contributed by atoms with Crippen LogP contribution in [0.4, 0.5) is 4.39 Å². The minimum Gasteiger partial charge on any atom is -0.388 e. The summed E-state index contributed by atoms with van der Waals surface area (Å²) in [6.07, 6.45) is -0.810. The zero-order valence-electron chi connectivity index (χ0n) is 14.8. The molecule has 0 fully saturated rings. The predicted molar refractivity (Wildman–Crippen MR) is 96.3 cm³/mol. The number of methoxy groups -OCH3 is 1. The largest absolute Gasteiger partial charge is 0.388 e. The molecule has 0 spiro atoms. The van der Waals surface area contributed by atoms with E-state index in [-0.39, 0.29) is 18.3 Å². The number of benzene rings is 2. The Morgan fingerprint density at radius 2 is 1.76 bits per heavy atom. The fourth-order valence-corrected chi connectivity index (χ4v) is 2.05. The molecule has 0 aliphatic rings. The standard InChI is InChI=1S/C17H19FN2O2.C2H6O/c1-12(21)19-11-17(22)20-10-13-6-8-14(9-7-13)15-4-2-3-5-16(15)18;1-3-2/h2-9,17,20,22H,10-11H2,1H3,(H,19,21);1-2H3. The van der Waals surface area contributed by atoms with Crippen LogP contribution in [0.2, 0.25) is 0 Å². The van der Waals surface area contributed by atoms with Crippen LogP contribution in [0.15, 0.2) is 48.5 Å². The molecule has 0 heterocycles. The Morgan fingerprint density at radius 1 is 1.16 bits per heavy atom. The van der Waals surface area contributed by atoms with Crippen LogP contribution in [0.25, 0.3) is 11.1 Å². The molecule has 1 unspecified atom stereocenters. The molecule has 3 N–H and O–H groups in total. The SMILES string of the molecule is CC(=O)NCC(O)NCc1ccc(-c2ccccc2F)cc1.COC. The van der Waals surface area contributed by atoms with E-state index in [1.54, 1.807) is 32.4 Å². The van der Waals surface area contributed by atoms with Crippen molar-refractivity contribution >= 4 is 5.91 Å². The number of ether oxygens (including phenoxy) is 1. The Morgan fingerprint density at radius 3 is 2.32 bits per heavy atom. The third-order valence-electron chi connectivity index (χ3n) is 3.22. The average molecular weight is 348 g/mol. The summed E-state index contributed by atoms with van der Waals surface area (Å²) in [6.45, 7) is 2.01. The molecule has 0 bridgehead atoms. The topological polar surface area (TPSA) is 70.6 Å². The molecule has 5 nitrogen and oxygen atoms in total. The lowest BCUT2D eigenvalue weighted by Gasteiger charge is -2.13. The monoisotopic (exact) mass is 348 g/mol. The third kappa shape index (κ3) is 7.89. The van der Waals surface area contributed by atoms with Gasteiger partial charge in [0.15, 0.2) is 0 Å². The average Bonchev–Trinajstić information content (AvgIpc) is 2.60. The first-order chi connectivity index (χ1) is 12.0. The summed E-state index contributed by atoms with van der Waals surface area (Å²) in [7, 11) is 3.25. The van der Waals surface area contributed by atoms with Crippen LogP contribution in [0.5, 0.6) is 0 Å². The smallest absolute Gasteiger partial charge is 0.217 e. The zero-order valence-corrected chi connectivity index (χ0v) is 14.8. The Kier molecular flexibility index (Phi) is 9.39. The first-order valence-corrected chi connectivity index (χ1v) is 7.87. The second-order valence-electron chi connectivity index (χ2n) is 5.42. The maximum absolute atomic E-state index is 13.7. The van der Waals surface area contributed by atoms with Crippen molar-refractivity contribution < 1.29 is 19.0 Å². The van der Waals surface area contributed by atoms with Gasteiger partial charge in [0.1, 0.15) is 12.0 Å². The molecule has 1 atom stereocenters. The van der Waals surface area contributed by atoms with E-state index in [1.807, 2.05) is 24.3 Å². The maximum atomic E-state index is 13.7. The van der Waals surface area contributed by atoms with Crippen LogP contribution >= 0.6 is 0 Å². The Labute approximate surface area is 147 Å². The highest BCUT2D eigenvalue weighted by molar-refractivity contribution is 5.72. The van der Waals surface area contributed by atoms with E-state index in [1.165, 1.54) is 13.0 Å². The molecular weight excluding hydrogens is 323 g/mol. The van der Waals surface area contributed by atoms with Gasteiger partial charge < -0.3 is 15.2 Å². The van der Waals surface area contributed by atoms with Crippen LogP contribution < -0.4 is 10.6 Å². The fraction of sp³-hybridized carbons (Fsp3) is 0.316. The second-order valence-corrected chi connectivity index (χ2v) is 5.42. The second kappa shape index (κ2) is 11.3. The van der Waals surface area contributed by atoms with E-state index in [2.05, 4.69) is 15.4 Å². The number of aliphatic hydroxyl groups excluding tert-OH is 1. The van der Waals surface area contributed by atoms with Crippen LogP contribution in [-0.4, -0.2) is 38.0 Å². The minimum atomic E-state index is -0.810. The molecule has 6 heteroatoms. The lowest BCUT2D eigenvalue weighted by molar-refractivity contribution is -0.119. The molecule has 2 aromatic rings. The molecule has 0 radical (unpaired) electrons. The van der Waals surface area contributed by atoms with Crippen molar-refractivity contribution in [1.82, 2.24) is 10.6 Å². The van der Waals surface area contributed by atoms with Crippen LogP contribution in [0, 0.1) is 5.82 Å². The van der Waals surface area contributed by atoms with Gasteiger partial charge in [-0.05, 0) is 17.2 Å². The zero-order chi connectivity index (χ0) is 18.7. The van der Waals surface area contributed by atoms with Crippen molar-refractivity contribution in [3.05, 3.63) is 59.9 Å². The van der Waals surface area contributed by atoms with Crippen molar-refractivity contribution in [3.8, 4) is 11.1 Å². The molecule has 0 saturated heterocycles. The van der Waals surface area contributed by atoms with Gasteiger partial charge in [-0.2, -0.15) is 0 Å². The van der Waals surface area contributed by atoms with Gasteiger partial charge in [0.25, 0.3) is 0 Å². The number of carbonyl (C=O) groups is 1. The number of amides is 1. The summed E-state index contributed by atoms with van der Waals surface area (Å²) >= 11 is 0. The summed E-state index contributed by atoms with van der Waals surface area (Å²) < 4.78 is 17.9. The van der Waals surface area contributed by atoms with E-state index in [4.69, 9.17) is 0 Å². The number of rotatable bonds is 6. The van der Waals surface area contributed by atoms with E-state index >= 15 is 0 Å². The van der Waals surface area contributed by atoms with Gasteiger partial charge in [-0.3, -0.25) is 10.1 Å². The van der Waals surface area contributed by atoms with E-state index < -0.39 is 6.23 Å². The Hall–Kier alpha value is -2.28. The lowest BCUT2D eigenvalue weighted by Crippen LogP contribution is -2.39. The summed E-state index contributed by atoms with van der Waals surface area (Å²) in [5, 5.41) is 15.1. The van der Waals surface area contributed by atoms with Gasteiger partial charge in [0, 0.05) is 33.3 Å². The highest BCUT2D eigenvalue weighted by Crippen LogP contribution is 2.22. The number of aliphatic hydroxyl groups is 1. The number of hydrogen-bond acceptors (Lipinski definition) is 4.